The summed E-state index contributed by atoms with van der Waals surface area (Å²) in [6, 6.07) is 3.96. The van der Waals surface area contributed by atoms with Crippen molar-refractivity contribution >= 4 is 11.6 Å². The Morgan fingerprint density at radius 3 is 2.75 bits per heavy atom. The monoisotopic (exact) mass is 242 g/mol. The number of aryl methyl sites for hydroxylation is 1. The molecule has 0 heterocycles. The van der Waals surface area contributed by atoms with Crippen LogP contribution in [0.4, 0.5) is 0 Å². The van der Waals surface area contributed by atoms with E-state index in [0.717, 1.165) is 41.5 Å². The van der Waals surface area contributed by atoms with E-state index in [9.17, 15) is 0 Å². The molecule has 4 heteroatoms. The molecule has 0 radical (unpaired) electrons. The molecule has 0 saturated heterocycles. The highest BCUT2D eigenvalue weighted by Gasteiger charge is 2.06. The third kappa shape index (κ3) is 3.67. The summed E-state index contributed by atoms with van der Waals surface area (Å²) in [5.74, 6) is 0.910. The van der Waals surface area contributed by atoms with Crippen LogP contribution in [0.2, 0.25) is 5.02 Å². The maximum absolute atomic E-state index is 6.09. The van der Waals surface area contributed by atoms with Crippen LogP contribution < -0.4 is 15.4 Å². The van der Waals surface area contributed by atoms with Gasteiger partial charge in [-0.2, -0.15) is 0 Å². The molecule has 0 spiro atoms. The van der Waals surface area contributed by atoms with Crippen molar-refractivity contribution in [2.45, 2.75) is 13.3 Å². The highest BCUT2D eigenvalue weighted by atomic mass is 35.5. The minimum Gasteiger partial charge on any atom is -0.496 e. The Morgan fingerprint density at radius 1 is 1.38 bits per heavy atom. The molecule has 1 aromatic carbocycles. The summed E-state index contributed by atoms with van der Waals surface area (Å²) < 4.78 is 5.34. The van der Waals surface area contributed by atoms with Crippen LogP contribution in [0.25, 0.3) is 0 Å². The van der Waals surface area contributed by atoms with Gasteiger partial charge in [0.2, 0.25) is 0 Å². The van der Waals surface area contributed by atoms with Crippen LogP contribution >= 0.6 is 11.6 Å². The van der Waals surface area contributed by atoms with E-state index in [0.29, 0.717) is 0 Å². The van der Waals surface area contributed by atoms with Crippen molar-refractivity contribution in [2.24, 2.45) is 0 Å². The Morgan fingerprint density at radius 2 is 2.12 bits per heavy atom. The van der Waals surface area contributed by atoms with Crippen LogP contribution in [-0.2, 0) is 6.42 Å². The lowest BCUT2D eigenvalue weighted by molar-refractivity contribution is 0.408. The first-order valence-corrected chi connectivity index (χ1v) is 5.75. The summed E-state index contributed by atoms with van der Waals surface area (Å²) >= 11 is 6.09. The average molecular weight is 243 g/mol. The van der Waals surface area contributed by atoms with Crippen LogP contribution in [0.15, 0.2) is 12.1 Å². The molecule has 1 rings (SSSR count). The zero-order chi connectivity index (χ0) is 12.0. The van der Waals surface area contributed by atoms with E-state index in [2.05, 4.69) is 10.6 Å². The lowest BCUT2D eigenvalue weighted by atomic mass is 10.1. The Labute approximate surface area is 102 Å². The van der Waals surface area contributed by atoms with Gasteiger partial charge in [-0.05, 0) is 43.7 Å². The van der Waals surface area contributed by atoms with Gasteiger partial charge >= 0.3 is 0 Å². The molecule has 0 amide bonds. The molecule has 0 bridgehead atoms. The summed E-state index contributed by atoms with van der Waals surface area (Å²) in [5, 5.41) is 7.09. The third-order valence-corrected chi connectivity index (χ3v) is 2.84. The van der Waals surface area contributed by atoms with Crippen LogP contribution in [0.3, 0.4) is 0 Å². The molecule has 0 aliphatic rings. The Balaban J connectivity index is 2.66. The second-order valence-corrected chi connectivity index (χ2v) is 4.10. The highest BCUT2D eigenvalue weighted by molar-refractivity contribution is 6.31. The molecule has 3 nitrogen and oxygen atoms in total. The topological polar surface area (TPSA) is 33.3 Å². The Kier molecular flexibility index (Phi) is 5.60. The van der Waals surface area contributed by atoms with Gasteiger partial charge < -0.3 is 15.4 Å². The predicted octanol–water partition coefficient (Wildman–Crippen LogP) is 1.97. The lowest BCUT2D eigenvalue weighted by Crippen LogP contribution is -2.27. The highest BCUT2D eigenvalue weighted by Crippen LogP contribution is 2.26. The van der Waals surface area contributed by atoms with Gasteiger partial charge in [0.15, 0.2) is 0 Å². The van der Waals surface area contributed by atoms with Crippen LogP contribution in [0.5, 0.6) is 5.75 Å². The summed E-state index contributed by atoms with van der Waals surface area (Å²) in [5.41, 5.74) is 2.19. The average Bonchev–Trinajstić information content (AvgIpc) is 2.28. The number of benzene rings is 1. The minimum atomic E-state index is 0.796. The molecule has 2 N–H and O–H groups in total. The first-order chi connectivity index (χ1) is 7.69. The van der Waals surface area contributed by atoms with E-state index in [-0.39, 0.29) is 0 Å². The van der Waals surface area contributed by atoms with Crippen molar-refractivity contribution in [3.05, 3.63) is 28.3 Å². The maximum Gasteiger partial charge on any atom is 0.122 e. The van der Waals surface area contributed by atoms with Crippen LogP contribution in [0.1, 0.15) is 11.1 Å². The van der Waals surface area contributed by atoms with Crippen molar-refractivity contribution in [1.82, 2.24) is 10.6 Å². The van der Waals surface area contributed by atoms with Crippen molar-refractivity contribution < 1.29 is 4.74 Å². The van der Waals surface area contributed by atoms with E-state index < -0.39 is 0 Å². The van der Waals surface area contributed by atoms with E-state index >= 15 is 0 Å². The van der Waals surface area contributed by atoms with E-state index in [1.54, 1.807) is 7.11 Å². The molecular weight excluding hydrogens is 224 g/mol. The van der Waals surface area contributed by atoms with E-state index in [4.69, 9.17) is 16.3 Å². The molecule has 0 aliphatic heterocycles. The molecule has 0 atom stereocenters. The number of nitrogens with one attached hydrogen (secondary N) is 2. The molecule has 0 unspecified atom stereocenters. The second kappa shape index (κ2) is 6.74. The van der Waals surface area contributed by atoms with Crippen molar-refractivity contribution in [3.63, 3.8) is 0 Å². The summed E-state index contributed by atoms with van der Waals surface area (Å²) in [6.45, 7) is 3.69. The normalized spacial score (nSPS) is 10.5. The van der Waals surface area contributed by atoms with E-state index in [1.807, 2.05) is 26.1 Å². The quantitative estimate of drug-likeness (QED) is 0.591. The predicted molar refractivity (Wildman–Crippen MR) is 68.4 cm³/mol. The summed E-state index contributed by atoms with van der Waals surface area (Å²) in [4.78, 5) is 0. The molecule has 0 aromatic heterocycles. The van der Waals surface area contributed by atoms with Crippen molar-refractivity contribution in [1.29, 1.82) is 0 Å². The molecule has 90 valence electrons. The second-order valence-electron chi connectivity index (χ2n) is 3.69. The van der Waals surface area contributed by atoms with Gasteiger partial charge in [-0.15, -0.1) is 0 Å². The smallest absolute Gasteiger partial charge is 0.122 e. The van der Waals surface area contributed by atoms with Gasteiger partial charge in [-0.25, -0.2) is 0 Å². The maximum atomic E-state index is 6.09. The first kappa shape index (κ1) is 13.3. The van der Waals surface area contributed by atoms with Crippen LogP contribution in [0, 0.1) is 6.92 Å². The fraction of sp³-hybridized carbons (Fsp3) is 0.500. The molecule has 0 aliphatic carbocycles. The van der Waals surface area contributed by atoms with Gasteiger partial charge in [0, 0.05) is 18.2 Å². The van der Waals surface area contributed by atoms with Crippen LogP contribution in [-0.4, -0.2) is 27.4 Å². The van der Waals surface area contributed by atoms with Gasteiger partial charge in [-0.3, -0.25) is 0 Å². The number of hydrogen-bond acceptors (Lipinski definition) is 3. The Hall–Kier alpha value is -0.770. The number of halogens is 1. The molecule has 0 fully saturated rings. The van der Waals surface area contributed by atoms with Gasteiger partial charge in [0.1, 0.15) is 5.75 Å². The fourth-order valence-corrected chi connectivity index (χ4v) is 1.70. The Bertz CT molecular complexity index is 342. The molecule has 0 saturated carbocycles. The zero-order valence-corrected chi connectivity index (χ0v) is 10.8. The summed E-state index contributed by atoms with van der Waals surface area (Å²) in [6.07, 6.45) is 0.908. The number of ether oxygens (including phenoxy) is 1. The number of methoxy groups -OCH3 is 1. The van der Waals surface area contributed by atoms with Crippen molar-refractivity contribution in [3.8, 4) is 5.75 Å². The molecule has 1 aromatic rings. The van der Waals surface area contributed by atoms with E-state index in [1.165, 1.54) is 0 Å². The number of hydrogen-bond donors (Lipinski definition) is 2. The molecule has 16 heavy (non-hydrogen) atoms. The SMILES string of the molecule is CNCNCCc1cc(Cl)c(C)cc1OC. The largest absolute Gasteiger partial charge is 0.496 e. The standard InChI is InChI=1S/C12H19ClN2O/c1-9-6-12(16-3)10(7-11(9)13)4-5-15-8-14-2/h6-7,14-15H,4-5,8H2,1-3H3. The molecular formula is C12H19ClN2O. The first-order valence-electron chi connectivity index (χ1n) is 5.37. The number of rotatable bonds is 6. The fourth-order valence-electron chi connectivity index (χ4n) is 1.52. The van der Waals surface area contributed by atoms with Gasteiger partial charge in [0.05, 0.1) is 7.11 Å². The lowest BCUT2D eigenvalue weighted by Gasteiger charge is -2.11. The minimum absolute atomic E-state index is 0.796. The summed E-state index contributed by atoms with van der Waals surface area (Å²) in [7, 11) is 3.60. The van der Waals surface area contributed by atoms with Gasteiger partial charge in [-0.1, -0.05) is 11.6 Å². The zero-order valence-electron chi connectivity index (χ0n) is 10.1. The van der Waals surface area contributed by atoms with Gasteiger partial charge in [0.25, 0.3) is 0 Å². The third-order valence-electron chi connectivity index (χ3n) is 2.43. The van der Waals surface area contributed by atoms with Crippen molar-refractivity contribution in [2.75, 3.05) is 27.4 Å².